The number of benzene rings is 1. The monoisotopic (exact) mass is 345 g/mol. The van der Waals surface area contributed by atoms with Crippen molar-refractivity contribution in [3.63, 3.8) is 0 Å². The Bertz CT molecular complexity index is 500. The summed E-state index contributed by atoms with van der Waals surface area (Å²) in [5.74, 6) is 0.158. The van der Waals surface area contributed by atoms with Gasteiger partial charge in [-0.05, 0) is 17.7 Å². The minimum atomic E-state index is 0. The number of piperazine rings is 1. The van der Waals surface area contributed by atoms with Gasteiger partial charge in [0.15, 0.2) is 0 Å². The zero-order chi connectivity index (χ0) is 15.2. The Hall–Kier alpha value is -1.30. The molecule has 0 aromatic heterocycles. The van der Waals surface area contributed by atoms with Crippen LogP contribution in [0.1, 0.15) is 12.0 Å². The normalized spacial score (nSPS) is 14.5. The van der Waals surface area contributed by atoms with Crippen molar-refractivity contribution in [3.8, 4) is 0 Å². The van der Waals surface area contributed by atoms with E-state index in [1.807, 2.05) is 12.1 Å². The summed E-state index contributed by atoms with van der Waals surface area (Å²) in [7, 11) is 0. The summed E-state index contributed by atoms with van der Waals surface area (Å²) in [4.78, 5) is 27.5. The van der Waals surface area contributed by atoms with E-state index in [1.165, 1.54) is 0 Å². The van der Waals surface area contributed by atoms with Crippen molar-refractivity contribution in [2.75, 3.05) is 32.7 Å². The van der Waals surface area contributed by atoms with Crippen LogP contribution in [0, 0.1) is 0 Å². The van der Waals surface area contributed by atoms with E-state index in [0.29, 0.717) is 50.6 Å². The third-order valence-electron chi connectivity index (χ3n) is 3.61. The number of hydrogen-bond acceptors (Lipinski definition) is 3. The average molecular weight is 346 g/mol. The van der Waals surface area contributed by atoms with Crippen LogP contribution in [-0.4, -0.2) is 54.3 Å². The topological polar surface area (TPSA) is 66.6 Å². The highest BCUT2D eigenvalue weighted by Gasteiger charge is 2.23. The molecule has 0 unspecified atom stereocenters. The summed E-state index contributed by atoms with van der Waals surface area (Å²) in [6.07, 6.45) is 0.743. The highest BCUT2D eigenvalue weighted by Crippen LogP contribution is 2.12. The molecule has 1 heterocycles. The summed E-state index contributed by atoms with van der Waals surface area (Å²) in [5.41, 5.74) is 6.34. The Labute approximate surface area is 141 Å². The smallest absolute Gasteiger partial charge is 0.227 e. The van der Waals surface area contributed by atoms with Crippen LogP contribution >= 0.6 is 24.0 Å². The molecule has 0 radical (unpaired) electrons. The molecule has 0 saturated carbocycles. The van der Waals surface area contributed by atoms with Crippen molar-refractivity contribution < 1.29 is 9.59 Å². The molecule has 1 saturated heterocycles. The molecule has 122 valence electrons. The van der Waals surface area contributed by atoms with Crippen molar-refractivity contribution >= 4 is 35.8 Å². The van der Waals surface area contributed by atoms with E-state index < -0.39 is 0 Å². The maximum Gasteiger partial charge on any atom is 0.227 e. The average Bonchev–Trinajstić information content (AvgIpc) is 2.50. The Morgan fingerprint density at radius 3 is 2.00 bits per heavy atom. The second-order valence-corrected chi connectivity index (χ2v) is 5.54. The van der Waals surface area contributed by atoms with Gasteiger partial charge >= 0.3 is 0 Å². The van der Waals surface area contributed by atoms with Crippen molar-refractivity contribution in [1.29, 1.82) is 0 Å². The maximum absolute atomic E-state index is 12.2. The van der Waals surface area contributed by atoms with Gasteiger partial charge in [-0.3, -0.25) is 9.59 Å². The zero-order valence-electron chi connectivity index (χ0n) is 12.3. The molecule has 22 heavy (non-hydrogen) atoms. The van der Waals surface area contributed by atoms with E-state index >= 15 is 0 Å². The van der Waals surface area contributed by atoms with Gasteiger partial charge < -0.3 is 15.5 Å². The van der Waals surface area contributed by atoms with Crippen LogP contribution in [0.15, 0.2) is 24.3 Å². The molecule has 1 aliphatic heterocycles. The Morgan fingerprint density at radius 1 is 1.00 bits per heavy atom. The number of carbonyl (C=O) groups excluding carboxylic acids is 2. The SMILES string of the molecule is Cl.NCCC(=O)N1CCN(C(=O)Cc2ccc(Cl)cc2)CC1. The van der Waals surface area contributed by atoms with Gasteiger partial charge in [0.1, 0.15) is 0 Å². The first-order valence-corrected chi connectivity index (χ1v) is 7.48. The van der Waals surface area contributed by atoms with Crippen LogP contribution in [0.5, 0.6) is 0 Å². The number of halogens is 2. The predicted molar refractivity (Wildman–Crippen MR) is 89.2 cm³/mol. The minimum Gasteiger partial charge on any atom is -0.339 e. The van der Waals surface area contributed by atoms with Gasteiger partial charge in [0.2, 0.25) is 11.8 Å². The van der Waals surface area contributed by atoms with Crippen LogP contribution in [0.3, 0.4) is 0 Å². The first-order chi connectivity index (χ1) is 10.1. The largest absolute Gasteiger partial charge is 0.339 e. The Balaban J connectivity index is 0.00000242. The molecule has 0 spiro atoms. The van der Waals surface area contributed by atoms with Crippen molar-refractivity contribution in [1.82, 2.24) is 9.80 Å². The molecule has 1 aliphatic rings. The van der Waals surface area contributed by atoms with E-state index in [0.717, 1.165) is 5.56 Å². The van der Waals surface area contributed by atoms with E-state index in [2.05, 4.69) is 0 Å². The van der Waals surface area contributed by atoms with E-state index in [4.69, 9.17) is 17.3 Å². The van der Waals surface area contributed by atoms with E-state index in [-0.39, 0.29) is 24.2 Å². The summed E-state index contributed by atoms with van der Waals surface area (Å²) in [5, 5.41) is 0.665. The van der Waals surface area contributed by atoms with Gasteiger partial charge in [0.05, 0.1) is 6.42 Å². The van der Waals surface area contributed by atoms with Crippen LogP contribution in [0.25, 0.3) is 0 Å². The lowest BCUT2D eigenvalue weighted by Crippen LogP contribution is -2.51. The molecule has 1 aromatic carbocycles. The number of rotatable bonds is 4. The molecule has 0 aliphatic carbocycles. The molecule has 7 heteroatoms. The molecule has 0 bridgehead atoms. The van der Waals surface area contributed by atoms with Crippen molar-refractivity contribution in [3.05, 3.63) is 34.9 Å². The van der Waals surface area contributed by atoms with Crippen molar-refractivity contribution in [2.45, 2.75) is 12.8 Å². The lowest BCUT2D eigenvalue weighted by atomic mass is 10.1. The molecule has 0 atom stereocenters. The van der Waals surface area contributed by atoms with Gasteiger partial charge in [-0.25, -0.2) is 0 Å². The first-order valence-electron chi connectivity index (χ1n) is 7.10. The fourth-order valence-electron chi connectivity index (χ4n) is 2.38. The first kappa shape index (κ1) is 18.7. The third-order valence-corrected chi connectivity index (χ3v) is 3.86. The minimum absolute atomic E-state index is 0. The standard InChI is InChI=1S/C15H20ClN3O2.ClH/c16-13-3-1-12(2-4-13)11-15(21)19-9-7-18(8-10-19)14(20)5-6-17;/h1-4H,5-11,17H2;1H. The van der Waals surface area contributed by atoms with Crippen molar-refractivity contribution in [2.24, 2.45) is 5.73 Å². The van der Waals surface area contributed by atoms with Crippen LogP contribution in [0.4, 0.5) is 0 Å². The highest BCUT2D eigenvalue weighted by atomic mass is 35.5. The fourth-order valence-corrected chi connectivity index (χ4v) is 2.50. The highest BCUT2D eigenvalue weighted by molar-refractivity contribution is 6.30. The van der Waals surface area contributed by atoms with Crippen LogP contribution in [-0.2, 0) is 16.0 Å². The molecular weight excluding hydrogens is 325 g/mol. The molecule has 2 rings (SSSR count). The number of nitrogens with two attached hydrogens (primary N) is 1. The quantitative estimate of drug-likeness (QED) is 0.894. The van der Waals surface area contributed by atoms with Crippen LogP contribution < -0.4 is 5.73 Å². The molecule has 2 N–H and O–H groups in total. The Morgan fingerprint density at radius 2 is 1.50 bits per heavy atom. The number of amides is 2. The fraction of sp³-hybridized carbons (Fsp3) is 0.467. The molecule has 1 aromatic rings. The molecule has 1 fully saturated rings. The number of nitrogens with zero attached hydrogens (tertiary/aromatic N) is 2. The van der Waals surface area contributed by atoms with Gasteiger partial charge in [0, 0.05) is 44.2 Å². The third kappa shape index (κ3) is 5.16. The predicted octanol–water partition coefficient (Wildman–Crippen LogP) is 1.32. The maximum atomic E-state index is 12.2. The molecule has 2 amide bonds. The molecular formula is C15H21Cl2N3O2. The lowest BCUT2D eigenvalue weighted by molar-refractivity contribution is -0.139. The molecule has 5 nitrogen and oxygen atoms in total. The van der Waals surface area contributed by atoms with Gasteiger partial charge in [-0.15, -0.1) is 12.4 Å². The number of hydrogen-bond donors (Lipinski definition) is 1. The van der Waals surface area contributed by atoms with Crippen LogP contribution in [0.2, 0.25) is 5.02 Å². The Kier molecular flexibility index (Phi) is 7.65. The zero-order valence-corrected chi connectivity index (χ0v) is 13.9. The lowest BCUT2D eigenvalue weighted by Gasteiger charge is -2.35. The van der Waals surface area contributed by atoms with E-state index in [1.54, 1.807) is 21.9 Å². The summed E-state index contributed by atoms with van der Waals surface area (Å²) < 4.78 is 0. The van der Waals surface area contributed by atoms with E-state index in [9.17, 15) is 9.59 Å². The van der Waals surface area contributed by atoms with Gasteiger partial charge in [-0.2, -0.15) is 0 Å². The number of carbonyl (C=O) groups is 2. The van der Waals surface area contributed by atoms with Gasteiger partial charge in [0.25, 0.3) is 0 Å². The van der Waals surface area contributed by atoms with Gasteiger partial charge in [-0.1, -0.05) is 23.7 Å². The summed E-state index contributed by atoms with van der Waals surface area (Å²) in [6.45, 7) is 2.72. The second kappa shape index (κ2) is 8.98. The second-order valence-electron chi connectivity index (χ2n) is 5.10. The summed E-state index contributed by atoms with van der Waals surface area (Å²) in [6, 6.07) is 7.30. The summed E-state index contributed by atoms with van der Waals surface area (Å²) >= 11 is 5.83.